The Morgan fingerprint density at radius 2 is 1.50 bits per heavy atom. The third kappa shape index (κ3) is 6.86. The van der Waals surface area contributed by atoms with E-state index >= 15 is 0 Å². The molecular weight excluding hydrogens is 332 g/mol. The number of carbonyl (C=O) groups excluding carboxylic acids is 3. The highest BCUT2D eigenvalue weighted by Crippen LogP contribution is 2.11. The standard InChI is InChI=1S/C20H28N2O4/c1-17(23)10-11-20(25)22-13-6-12-21(14-15-22)19(24)9-5-16-26-18-7-3-2-4-8-18/h2-4,7-8H,5-6,9-16H2,1H3. The van der Waals surface area contributed by atoms with Gasteiger partial charge in [-0.2, -0.15) is 0 Å². The van der Waals surface area contributed by atoms with Gasteiger partial charge >= 0.3 is 0 Å². The Labute approximate surface area is 155 Å². The SMILES string of the molecule is CC(=O)CCC(=O)N1CCCN(C(=O)CCCOc2ccccc2)CC1. The number of nitrogens with zero attached hydrogens (tertiary/aromatic N) is 2. The number of benzene rings is 1. The molecule has 6 nitrogen and oxygen atoms in total. The Kier molecular flexibility index (Phi) is 8.12. The molecular formula is C20H28N2O4. The van der Waals surface area contributed by atoms with Gasteiger partial charge < -0.3 is 19.3 Å². The zero-order valence-corrected chi connectivity index (χ0v) is 15.5. The third-order valence-electron chi connectivity index (χ3n) is 4.44. The van der Waals surface area contributed by atoms with E-state index in [-0.39, 0.29) is 24.0 Å². The average molecular weight is 360 g/mol. The molecule has 1 aromatic rings. The maximum Gasteiger partial charge on any atom is 0.223 e. The molecule has 1 saturated heterocycles. The number of ether oxygens (including phenoxy) is 1. The van der Waals surface area contributed by atoms with Crippen molar-refractivity contribution in [2.24, 2.45) is 0 Å². The summed E-state index contributed by atoms with van der Waals surface area (Å²) in [5, 5.41) is 0. The van der Waals surface area contributed by atoms with Crippen LogP contribution in [-0.2, 0) is 14.4 Å². The lowest BCUT2D eigenvalue weighted by Gasteiger charge is -2.22. The van der Waals surface area contributed by atoms with Gasteiger partial charge in [0.25, 0.3) is 0 Å². The van der Waals surface area contributed by atoms with Crippen LogP contribution >= 0.6 is 0 Å². The minimum atomic E-state index is 0.00533. The van der Waals surface area contributed by atoms with Gasteiger partial charge in [-0.1, -0.05) is 18.2 Å². The van der Waals surface area contributed by atoms with Gasteiger partial charge in [0.05, 0.1) is 6.61 Å². The molecule has 0 unspecified atom stereocenters. The van der Waals surface area contributed by atoms with Gasteiger partial charge in [-0.25, -0.2) is 0 Å². The fourth-order valence-corrected chi connectivity index (χ4v) is 2.95. The monoisotopic (exact) mass is 360 g/mol. The summed E-state index contributed by atoms with van der Waals surface area (Å²) in [6, 6.07) is 9.56. The highest BCUT2D eigenvalue weighted by Gasteiger charge is 2.21. The number of hydrogen-bond donors (Lipinski definition) is 0. The van der Waals surface area contributed by atoms with Crippen LogP contribution < -0.4 is 4.74 Å². The van der Waals surface area contributed by atoms with E-state index in [1.54, 1.807) is 4.90 Å². The Balaban J connectivity index is 1.68. The minimum Gasteiger partial charge on any atom is -0.494 e. The number of para-hydroxylation sites is 1. The number of rotatable bonds is 8. The van der Waals surface area contributed by atoms with Crippen molar-refractivity contribution in [2.75, 3.05) is 32.8 Å². The maximum absolute atomic E-state index is 12.4. The van der Waals surface area contributed by atoms with Crippen molar-refractivity contribution in [3.05, 3.63) is 30.3 Å². The van der Waals surface area contributed by atoms with Crippen LogP contribution in [0.15, 0.2) is 30.3 Å². The first kappa shape index (κ1) is 19.9. The lowest BCUT2D eigenvalue weighted by Crippen LogP contribution is -2.37. The van der Waals surface area contributed by atoms with E-state index in [4.69, 9.17) is 4.74 Å². The number of hydrogen-bond acceptors (Lipinski definition) is 4. The average Bonchev–Trinajstić information content (AvgIpc) is 2.90. The first-order valence-electron chi connectivity index (χ1n) is 9.29. The van der Waals surface area contributed by atoms with Crippen molar-refractivity contribution in [3.8, 4) is 5.75 Å². The molecule has 6 heteroatoms. The minimum absolute atomic E-state index is 0.00533. The van der Waals surface area contributed by atoms with Gasteiger partial charge in [-0.3, -0.25) is 9.59 Å². The quantitative estimate of drug-likeness (QED) is 0.667. The zero-order valence-electron chi connectivity index (χ0n) is 15.5. The summed E-state index contributed by atoms with van der Waals surface area (Å²) in [4.78, 5) is 39.1. The Morgan fingerprint density at radius 1 is 0.885 bits per heavy atom. The van der Waals surface area contributed by atoms with E-state index in [0.717, 1.165) is 12.2 Å². The van der Waals surface area contributed by atoms with E-state index in [2.05, 4.69) is 0 Å². The van der Waals surface area contributed by atoms with E-state index in [0.29, 0.717) is 52.0 Å². The summed E-state index contributed by atoms with van der Waals surface area (Å²) in [5.41, 5.74) is 0. The topological polar surface area (TPSA) is 66.9 Å². The molecule has 0 atom stereocenters. The largest absolute Gasteiger partial charge is 0.494 e. The predicted molar refractivity (Wildman–Crippen MR) is 98.9 cm³/mol. The molecule has 1 fully saturated rings. The molecule has 1 aliphatic rings. The summed E-state index contributed by atoms with van der Waals surface area (Å²) in [6.45, 7) is 4.44. The number of Topliss-reactive ketones (excluding diaryl/α,β-unsaturated/α-hetero) is 1. The van der Waals surface area contributed by atoms with E-state index in [9.17, 15) is 14.4 Å². The first-order valence-corrected chi connectivity index (χ1v) is 9.29. The van der Waals surface area contributed by atoms with Gasteiger partial charge in [0.15, 0.2) is 0 Å². The molecule has 0 aliphatic carbocycles. The highest BCUT2D eigenvalue weighted by atomic mass is 16.5. The molecule has 0 spiro atoms. The van der Waals surface area contributed by atoms with Crippen molar-refractivity contribution in [1.29, 1.82) is 0 Å². The first-order chi connectivity index (χ1) is 12.6. The predicted octanol–water partition coefficient (Wildman–Crippen LogP) is 2.28. The lowest BCUT2D eigenvalue weighted by molar-refractivity contribution is -0.134. The fourth-order valence-electron chi connectivity index (χ4n) is 2.95. The van der Waals surface area contributed by atoms with E-state index < -0.39 is 0 Å². The van der Waals surface area contributed by atoms with Crippen molar-refractivity contribution in [3.63, 3.8) is 0 Å². The van der Waals surface area contributed by atoms with Gasteiger partial charge in [0, 0.05) is 45.4 Å². The molecule has 26 heavy (non-hydrogen) atoms. The van der Waals surface area contributed by atoms with Gasteiger partial charge in [0.1, 0.15) is 11.5 Å². The summed E-state index contributed by atoms with van der Waals surface area (Å²) in [5.74, 6) is 0.961. The van der Waals surface area contributed by atoms with Crippen molar-refractivity contribution < 1.29 is 19.1 Å². The third-order valence-corrected chi connectivity index (χ3v) is 4.44. The van der Waals surface area contributed by atoms with Crippen LogP contribution in [0.2, 0.25) is 0 Å². The summed E-state index contributed by atoms with van der Waals surface area (Å²) in [6.07, 6.45) is 2.45. The fraction of sp³-hybridized carbons (Fsp3) is 0.550. The molecule has 0 aromatic heterocycles. The molecule has 2 rings (SSSR count). The Hall–Kier alpha value is -2.37. The number of carbonyl (C=O) groups is 3. The van der Waals surface area contributed by atoms with Crippen LogP contribution in [0.3, 0.4) is 0 Å². The second-order valence-corrected chi connectivity index (χ2v) is 6.58. The van der Waals surface area contributed by atoms with Gasteiger partial charge in [0.2, 0.25) is 11.8 Å². The van der Waals surface area contributed by atoms with Crippen LogP contribution in [-0.4, -0.2) is 60.2 Å². The molecule has 1 aliphatic heterocycles. The van der Waals surface area contributed by atoms with Gasteiger partial charge in [-0.05, 0) is 31.9 Å². The van der Waals surface area contributed by atoms with Crippen molar-refractivity contribution in [1.82, 2.24) is 9.80 Å². The van der Waals surface area contributed by atoms with Crippen molar-refractivity contribution >= 4 is 17.6 Å². The molecule has 142 valence electrons. The van der Waals surface area contributed by atoms with Crippen LogP contribution in [0.4, 0.5) is 0 Å². The molecule has 0 bridgehead atoms. The van der Waals surface area contributed by atoms with Crippen molar-refractivity contribution in [2.45, 2.75) is 39.0 Å². The summed E-state index contributed by atoms with van der Waals surface area (Å²) in [7, 11) is 0. The normalized spacial score (nSPS) is 14.7. The molecule has 1 aromatic carbocycles. The Bertz CT molecular complexity index is 603. The lowest BCUT2D eigenvalue weighted by atomic mass is 10.2. The smallest absolute Gasteiger partial charge is 0.223 e. The molecule has 0 N–H and O–H groups in total. The maximum atomic E-state index is 12.4. The Morgan fingerprint density at radius 3 is 2.12 bits per heavy atom. The highest BCUT2D eigenvalue weighted by molar-refractivity contribution is 5.83. The summed E-state index contributed by atoms with van der Waals surface area (Å²) >= 11 is 0. The van der Waals surface area contributed by atoms with Crippen LogP contribution in [0.5, 0.6) is 5.75 Å². The molecule has 1 heterocycles. The number of ketones is 1. The van der Waals surface area contributed by atoms with Crippen LogP contribution in [0.1, 0.15) is 39.0 Å². The molecule has 0 saturated carbocycles. The van der Waals surface area contributed by atoms with E-state index in [1.807, 2.05) is 35.2 Å². The zero-order chi connectivity index (χ0) is 18.8. The van der Waals surface area contributed by atoms with Crippen LogP contribution in [0, 0.1) is 0 Å². The number of amides is 2. The summed E-state index contributed by atoms with van der Waals surface area (Å²) < 4.78 is 5.61. The second kappa shape index (κ2) is 10.6. The second-order valence-electron chi connectivity index (χ2n) is 6.58. The molecule has 0 radical (unpaired) electrons. The van der Waals surface area contributed by atoms with Crippen LogP contribution in [0.25, 0.3) is 0 Å². The van der Waals surface area contributed by atoms with Gasteiger partial charge in [-0.15, -0.1) is 0 Å². The van der Waals surface area contributed by atoms with E-state index in [1.165, 1.54) is 6.92 Å². The molecule has 2 amide bonds.